The Kier molecular flexibility index (Phi) is 4.37. The van der Waals surface area contributed by atoms with Crippen molar-refractivity contribution in [3.63, 3.8) is 0 Å². The lowest BCUT2D eigenvalue weighted by Gasteiger charge is -2.30. The minimum Gasteiger partial charge on any atom is -0.326 e. The van der Waals surface area contributed by atoms with Gasteiger partial charge >= 0.3 is 0 Å². The van der Waals surface area contributed by atoms with Crippen molar-refractivity contribution in [1.82, 2.24) is 4.98 Å². The van der Waals surface area contributed by atoms with E-state index < -0.39 is 0 Å². The van der Waals surface area contributed by atoms with Crippen LogP contribution in [-0.2, 0) is 11.2 Å². The van der Waals surface area contributed by atoms with E-state index in [0.29, 0.717) is 6.42 Å². The lowest BCUT2D eigenvalue weighted by atomic mass is 10.0. The molecule has 1 N–H and O–H groups in total. The number of benzene rings is 1. The third-order valence-electron chi connectivity index (χ3n) is 3.90. The summed E-state index contributed by atoms with van der Waals surface area (Å²) in [5.74, 6) is 0.973. The van der Waals surface area contributed by atoms with Crippen molar-refractivity contribution in [1.29, 1.82) is 0 Å². The molecular weight excluding hydrogens is 274 g/mol. The van der Waals surface area contributed by atoms with Crippen molar-refractivity contribution in [2.45, 2.75) is 32.6 Å². The summed E-state index contributed by atoms with van der Waals surface area (Å²) >= 11 is 0. The molecule has 1 aromatic heterocycles. The van der Waals surface area contributed by atoms with Crippen LogP contribution in [0.15, 0.2) is 42.6 Å². The van der Waals surface area contributed by atoms with E-state index >= 15 is 0 Å². The zero-order valence-electron chi connectivity index (χ0n) is 12.9. The molecule has 0 saturated carbocycles. The van der Waals surface area contributed by atoms with Gasteiger partial charge in [-0.25, -0.2) is 4.98 Å². The summed E-state index contributed by atoms with van der Waals surface area (Å²) in [6.07, 6.45) is 5.38. The van der Waals surface area contributed by atoms with E-state index in [9.17, 15) is 4.79 Å². The number of pyridine rings is 1. The van der Waals surface area contributed by atoms with Gasteiger partial charge in [-0.2, -0.15) is 0 Å². The third-order valence-corrected chi connectivity index (χ3v) is 3.90. The number of nitrogens with one attached hydrogen (secondary N) is 1. The van der Waals surface area contributed by atoms with Gasteiger partial charge in [0.05, 0.1) is 11.9 Å². The Hall–Kier alpha value is -2.36. The quantitative estimate of drug-likeness (QED) is 0.930. The summed E-state index contributed by atoms with van der Waals surface area (Å²) in [7, 11) is 0. The number of nitrogens with zero attached hydrogens (tertiary/aromatic N) is 2. The molecule has 4 nitrogen and oxygen atoms in total. The van der Waals surface area contributed by atoms with E-state index in [1.807, 2.05) is 19.1 Å². The van der Waals surface area contributed by atoms with Crippen LogP contribution >= 0.6 is 0 Å². The van der Waals surface area contributed by atoms with Gasteiger partial charge in [0.1, 0.15) is 5.82 Å². The molecule has 114 valence electrons. The molecule has 0 bridgehead atoms. The fourth-order valence-electron chi connectivity index (χ4n) is 2.84. The number of hydrogen-bond donors (Lipinski definition) is 1. The molecule has 0 atom stereocenters. The van der Waals surface area contributed by atoms with E-state index in [4.69, 9.17) is 0 Å². The minimum absolute atomic E-state index is 0.0420. The van der Waals surface area contributed by atoms with Crippen LogP contribution < -0.4 is 10.2 Å². The smallest absolute Gasteiger partial charge is 0.224 e. The maximum absolute atomic E-state index is 11.6. The van der Waals surface area contributed by atoms with Crippen molar-refractivity contribution < 1.29 is 4.79 Å². The number of carbonyl (C=O) groups excluding carboxylic acids is 1. The van der Waals surface area contributed by atoms with Crippen molar-refractivity contribution >= 4 is 23.1 Å². The molecule has 0 fully saturated rings. The molecule has 3 rings (SSSR count). The van der Waals surface area contributed by atoms with Crippen molar-refractivity contribution in [2.24, 2.45) is 0 Å². The number of hydrogen-bond acceptors (Lipinski definition) is 3. The molecule has 2 aromatic rings. The number of rotatable bonds is 4. The van der Waals surface area contributed by atoms with E-state index in [-0.39, 0.29) is 5.91 Å². The van der Waals surface area contributed by atoms with Crippen LogP contribution in [0.25, 0.3) is 0 Å². The fraction of sp³-hybridized carbons (Fsp3) is 0.333. The summed E-state index contributed by atoms with van der Waals surface area (Å²) in [5, 5.41) is 2.87. The van der Waals surface area contributed by atoms with Gasteiger partial charge in [-0.05, 0) is 43.0 Å². The molecule has 1 aromatic carbocycles. The summed E-state index contributed by atoms with van der Waals surface area (Å²) in [4.78, 5) is 18.4. The number of amides is 1. The number of carbonyl (C=O) groups is 1. The van der Waals surface area contributed by atoms with Crippen molar-refractivity contribution in [2.75, 3.05) is 16.8 Å². The Balaban J connectivity index is 1.78. The second-order valence-electron chi connectivity index (χ2n) is 5.59. The number of aromatic nitrogens is 1. The van der Waals surface area contributed by atoms with Crippen molar-refractivity contribution in [3.05, 3.63) is 48.2 Å². The van der Waals surface area contributed by atoms with Crippen LogP contribution in [0.1, 0.15) is 31.7 Å². The van der Waals surface area contributed by atoms with Gasteiger partial charge in [0.25, 0.3) is 0 Å². The Morgan fingerprint density at radius 2 is 2.14 bits per heavy atom. The predicted molar refractivity (Wildman–Crippen MR) is 89.5 cm³/mol. The van der Waals surface area contributed by atoms with Crippen molar-refractivity contribution in [3.8, 4) is 0 Å². The zero-order chi connectivity index (χ0) is 15.4. The first-order valence-electron chi connectivity index (χ1n) is 7.89. The first-order chi connectivity index (χ1) is 10.8. The topological polar surface area (TPSA) is 45.2 Å². The highest BCUT2D eigenvalue weighted by Gasteiger charge is 2.18. The molecular formula is C18H21N3O. The molecule has 4 heteroatoms. The van der Waals surface area contributed by atoms with Crippen LogP contribution in [0.5, 0.6) is 0 Å². The van der Waals surface area contributed by atoms with Gasteiger partial charge in [0.15, 0.2) is 0 Å². The van der Waals surface area contributed by atoms with Crippen LogP contribution in [0, 0.1) is 0 Å². The van der Waals surface area contributed by atoms with Crippen LogP contribution in [0.3, 0.4) is 0 Å². The molecule has 22 heavy (non-hydrogen) atoms. The van der Waals surface area contributed by atoms with E-state index in [1.165, 1.54) is 11.3 Å². The van der Waals surface area contributed by atoms with Crippen LogP contribution in [-0.4, -0.2) is 17.4 Å². The molecule has 0 spiro atoms. The third kappa shape index (κ3) is 3.11. The fourth-order valence-corrected chi connectivity index (χ4v) is 2.84. The molecule has 1 amide bonds. The maximum atomic E-state index is 11.6. The Labute approximate surface area is 131 Å². The molecule has 1 aliphatic heterocycles. The first-order valence-corrected chi connectivity index (χ1v) is 7.89. The Morgan fingerprint density at radius 3 is 2.91 bits per heavy atom. The molecule has 0 aliphatic carbocycles. The number of anilines is 3. The largest absolute Gasteiger partial charge is 0.326 e. The SMILES string of the molecule is CCCC(=O)Nc1ccc(N2CCCc3ccccc32)nc1. The lowest BCUT2D eigenvalue weighted by molar-refractivity contribution is -0.116. The molecule has 1 aliphatic rings. The average molecular weight is 295 g/mol. The summed E-state index contributed by atoms with van der Waals surface area (Å²) < 4.78 is 0. The first kappa shape index (κ1) is 14.6. The van der Waals surface area contributed by atoms with E-state index in [1.54, 1.807) is 6.20 Å². The maximum Gasteiger partial charge on any atom is 0.224 e. The summed E-state index contributed by atoms with van der Waals surface area (Å²) in [5.41, 5.74) is 3.37. The Bertz CT molecular complexity index is 652. The average Bonchev–Trinajstić information content (AvgIpc) is 2.55. The number of fused-ring (bicyclic) bond motifs is 1. The summed E-state index contributed by atoms with van der Waals surface area (Å²) in [6, 6.07) is 12.4. The van der Waals surface area contributed by atoms with Crippen LogP contribution in [0.2, 0.25) is 0 Å². The van der Waals surface area contributed by atoms with Gasteiger partial charge in [-0.1, -0.05) is 25.1 Å². The van der Waals surface area contributed by atoms with Gasteiger partial charge in [0.2, 0.25) is 5.91 Å². The van der Waals surface area contributed by atoms with Gasteiger partial charge in [0, 0.05) is 18.7 Å². The standard InChI is InChI=1S/C18H21N3O/c1-2-6-18(22)20-15-10-11-17(19-13-15)21-12-5-8-14-7-3-4-9-16(14)21/h3-4,7,9-11,13H,2,5-6,8,12H2,1H3,(H,20,22). The lowest BCUT2D eigenvalue weighted by Crippen LogP contribution is -2.25. The molecule has 0 unspecified atom stereocenters. The molecule has 0 radical (unpaired) electrons. The van der Waals surface area contributed by atoms with E-state index in [0.717, 1.165) is 37.3 Å². The minimum atomic E-state index is 0.0420. The number of aryl methyl sites for hydroxylation is 1. The number of para-hydroxylation sites is 1. The molecule has 2 heterocycles. The van der Waals surface area contributed by atoms with Crippen LogP contribution in [0.4, 0.5) is 17.2 Å². The molecule has 0 saturated heterocycles. The van der Waals surface area contributed by atoms with Gasteiger partial charge in [-0.15, -0.1) is 0 Å². The Morgan fingerprint density at radius 1 is 1.27 bits per heavy atom. The second kappa shape index (κ2) is 6.60. The summed E-state index contributed by atoms with van der Waals surface area (Å²) in [6.45, 7) is 2.97. The zero-order valence-corrected chi connectivity index (χ0v) is 12.9. The van der Waals surface area contributed by atoms with E-state index in [2.05, 4.69) is 39.5 Å². The highest BCUT2D eigenvalue weighted by Crippen LogP contribution is 2.32. The highest BCUT2D eigenvalue weighted by molar-refractivity contribution is 5.90. The van der Waals surface area contributed by atoms with Gasteiger partial charge < -0.3 is 10.2 Å². The highest BCUT2D eigenvalue weighted by atomic mass is 16.1. The van der Waals surface area contributed by atoms with Gasteiger partial charge in [-0.3, -0.25) is 4.79 Å². The predicted octanol–water partition coefficient (Wildman–Crippen LogP) is 3.90. The normalized spacial score (nSPS) is 13.6. The second-order valence-corrected chi connectivity index (χ2v) is 5.59. The monoisotopic (exact) mass is 295 g/mol.